The zero-order valence-corrected chi connectivity index (χ0v) is 17.1. The lowest BCUT2D eigenvalue weighted by atomic mass is 10.2. The van der Waals surface area contributed by atoms with E-state index in [0.717, 1.165) is 0 Å². The molecule has 1 heterocycles. The predicted molar refractivity (Wildman–Crippen MR) is 114 cm³/mol. The van der Waals surface area contributed by atoms with Crippen molar-refractivity contribution in [1.29, 1.82) is 0 Å². The van der Waals surface area contributed by atoms with E-state index in [-0.39, 0.29) is 29.4 Å². The second kappa shape index (κ2) is 9.49. The molecule has 0 aliphatic heterocycles. The second-order valence-electron chi connectivity index (χ2n) is 6.47. The van der Waals surface area contributed by atoms with E-state index in [0.29, 0.717) is 28.5 Å². The number of amides is 1. The lowest BCUT2D eigenvalue weighted by Gasteiger charge is -2.12. The molecule has 0 aliphatic carbocycles. The number of nitrogens with one attached hydrogen (secondary N) is 2. The SMILES string of the molecule is Cc1ccc(NC(=O)[C@H](C)SCc2nc(N)nc(Nc3ccc(F)cc3)n2)cc1F. The highest BCUT2D eigenvalue weighted by atomic mass is 32.2. The highest BCUT2D eigenvalue weighted by Crippen LogP contribution is 2.21. The highest BCUT2D eigenvalue weighted by Gasteiger charge is 2.16. The van der Waals surface area contributed by atoms with E-state index in [2.05, 4.69) is 25.6 Å². The summed E-state index contributed by atoms with van der Waals surface area (Å²) < 4.78 is 26.7. The average Bonchev–Trinajstić information content (AvgIpc) is 2.70. The minimum Gasteiger partial charge on any atom is -0.368 e. The fourth-order valence-corrected chi connectivity index (χ4v) is 3.15. The number of nitrogens with two attached hydrogens (primary N) is 1. The van der Waals surface area contributed by atoms with Crippen LogP contribution in [-0.4, -0.2) is 26.1 Å². The first-order chi connectivity index (χ1) is 14.3. The molecule has 156 valence electrons. The Morgan fingerprint density at radius 1 is 1.10 bits per heavy atom. The number of carbonyl (C=O) groups excluding carboxylic acids is 1. The van der Waals surface area contributed by atoms with Crippen molar-refractivity contribution in [1.82, 2.24) is 15.0 Å². The number of halogens is 2. The third-order valence-electron chi connectivity index (χ3n) is 4.07. The number of aromatic nitrogens is 3. The maximum atomic E-state index is 13.6. The molecule has 3 rings (SSSR count). The Hall–Kier alpha value is -3.27. The molecule has 4 N–H and O–H groups in total. The lowest BCUT2D eigenvalue weighted by molar-refractivity contribution is -0.115. The molecule has 3 aromatic rings. The maximum Gasteiger partial charge on any atom is 0.237 e. The summed E-state index contributed by atoms with van der Waals surface area (Å²) in [5.74, 6) is -0.0624. The van der Waals surface area contributed by atoms with Crippen molar-refractivity contribution in [2.24, 2.45) is 0 Å². The van der Waals surface area contributed by atoms with Gasteiger partial charge < -0.3 is 16.4 Å². The van der Waals surface area contributed by atoms with Gasteiger partial charge in [-0.3, -0.25) is 4.79 Å². The molecule has 0 aliphatic rings. The van der Waals surface area contributed by atoms with Gasteiger partial charge in [0.15, 0.2) is 0 Å². The van der Waals surface area contributed by atoms with Crippen LogP contribution in [0.15, 0.2) is 42.5 Å². The van der Waals surface area contributed by atoms with Crippen LogP contribution < -0.4 is 16.4 Å². The Morgan fingerprint density at radius 2 is 1.80 bits per heavy atom. The summed E-state index contributed by atoms with van der Waals surface area (Å²) in [6.07, 6.45) is 0. The monoisotopic (exact) mass is 430 g/mol. The zero-order chi connectivity index (χ0) is 21.7. The highest BCUT2D eigenvalue weighted by molar-refractivity contribution is 7.99. The minimum absolute atomic E-state index is 0.0254. The second-order valence-corrected chi connectivity index (χ2v) is 7.80. The summed E-state index contributed by atoms with van der Waals surface area (Å²) in [7, 11) is 0. The number of nitrogen functional groups attached to an aromatic ring is 1. The largest absolute Gasteiger partial charge is 0.368 e. The van der Waals surface area contributed by atoms with Gasteiger partial charge in [0.1, 0.15) is 17.5 Å². The molecular weight excluding hydrogens is 410 g/mol. The summed E-state index contributed by atoms with van der Waals surface area (Å²) in [5.41, 5.74) is 7.24. The minimum atomic E-state index is -0.444. The van der Waals surface area contributed by atoms with Crippen molar-refractivity contribution >= 4 is 40.9 Å². The first kappa shape index (κ1) is 21.4. The number of nitrogens with zero attached hydrogens (tertiary/aromatic N) is 3. The van der Waals surface area contributed by atoms with Crippen LogP contribution in [0, 0.1) is 18.6 Å². The van der Waals surface area contributed by atoms with Gasteiger partial charge in [-0.2, -0.15) is 15.0 Å². The van der Waals surface area contributed by atoms with Crippen LogP contribution in [0.1, 0.15) is 18.3 Å². The van der Waals surface area contributed by atoms with Crippen molar-refractivity contribution in [3.63, 3.8) is 0 Å². The Morgan fingerprint density at radius 3 is 2.50 bits per heavy atom. The molecule has 10 heteroatoms. The third kappa shape index (κ3) is 5.86. The lowest BCUT2D eigenvalue weighted by Crippen LogP contribution is -2.23. The molecule has 0 radical (unpaired) electrons. The molecule has 1 aromatic heterocycles. The van der Waals surface area contributed by atoms with Gasteiger partial charge in [0.2, 0.25) is 17.8 Å². The number of thioether (sulfide) groups is 1. The molecule has 30 heavy (non-hydrogen) atoms. The molecule has 0 bridgehead atoms. The quantitative estimate of drug-likeness (QED) is 0.519. The van der Waals surface area contributed by atoms with E-state index in [1.165, 1.54) is 30.0 Å². The molecule has 0 saturated carbocycles. The molecule has 1 amide bonds. The van der Waals surface area contributed by atoms with Crippen LogP contribution in [0.3, 0.4) is 0 Å². The number of rotatable bonds is 7. The van der Waals surface area contributed by atoms with E-state index in [1.807, 2.05) is 0 Å². The standard InChI is InChI=1S/C20H20F2N6OS/c1-11-3-6-15(9-16(11)22)24-18(29)12(2)30-10-17-26-19(23)28-20(27-17)25-14-7-4-13(21)5-8-14/h3-9,12H,10H2,1-2H3,(H,24,29)(H3,23,25,26,27,28)/t12-/m0/s1. The summed E-state index contributed by atoms with van der Waals surface area (Å²) in [6.45, 7) is 3.38. The van der Waals surface area contributed by atoms with Crippen LogP contribution >= 0.6 is 11.8 Å². The normalized spacial score (nSPS) is 11.7. The molecule has 0 saturated heterocycles. The summed E-state index contributed by atoms with van der Waals surface area (Å²) in [6, 6.07) is 10.2. The number of carbonyl (C=O) groups is 1. The van der Waals surface area contributed by atoms with Crippen molar-refractivity contribution in [2.45, 2.75) is 24.9 Å². The van der Waals surface area contributed by atoms with Gasteiger partial charge in [-0.05, 0) is 55.8 Å². The van der Waals surface area contributed by atoms with Gasteiger partial charge in [-0.1, -0.05) is 6.07 Å². The maximum absolute atomic E-state index is 13.6. The van der Waals surface area contributed by atoms with Gasteiger partial charge in [0, 0.05) is 11.4 Å². The Kier molecular flexibility index (Phi) is 6.78. The summed E-state index contributed by atoms with van der Waals surface area (Å²) >= 11 is 1.30. The molecular formula is C20H20F2N6OS. The van der Waals surface area contributed by atoms with E-state index < -0.39 is 5.25 Å². The van der Waals surface area contributed by atoms with Crippen LogP contribution in [0.5, 0.6) is 0 Å². The van der Waals surface area contributed by atoms with Crippen molar-refractivity contribution in [3.05, 3.63) is 65.5 Å². The van der Waals surface area contributed by atoms with E-state index in [4.69, 9.17) is 5.73 Å². The molecule has 0 fully saturated rings. The van der Waals surface area contributed by atoms with Gasteiger partial charge in [0.25, 0.3) is 0 Å². The van der Waals surface area contributed by atoms with Crippen LogP contribution in [0.4, 0.5) is 32.1 Å². The third-order valence-corrected chi connectivity index (χ3v) is 5.21. The molecule has 0 spiro atoms. The number of hydrogen-bond donors (Lipinski definition) is 3. The Labute approximate surface area is 176 Å². The first-order valence-electron chi connectivity index (χ1n) is 9.02. The van der Waals surface area contributed by atoms with Gasteiger partial charge in [0.05, 0.1) is 11.0 Å². The average molecular weight is 430 g/mol. The van der Waals surface area contributed by atoms with Gasteiger partial charge in [-0.15, -0.1) is 11.8 Å². The molecule has 1 atom stereocenters. The van der Waals surface area contributed by atoms with Crippen molar-refractivity contribution in [3.8, 4) is 0 Å². The van der Waals surface area contributed by atoms with Crippen LogP contribution in [0.2, 0.25) is 0 Å². The molecule has 7 nitrogen and oxygen atoms in total. The number of benzene rings is 2. The van der Waals surface area contributed by atoms with Gasteiger partial charge in [-0.25, -0.2) is 8.78 Å². The van der Waals surface area contributed by atoms with E-state index in [9.17, 15) is 13.6 Å². The summed E-state index contributed by atoms with van der Waals surface area (Å²) in [5, 5.41) is 5.17. The predicted octanol–water partition coefficient (Wildman–Crippen LogP) is 4.04. The van der Waals surface area contributed by atoms with Crippen molar-refractivity contribution < 1.29 is 13.6 Å². The number of hydrogen-bond acceptors (Lipinski definition) is 7. The Balaban J connectivity index is 1.60. The molecule has 0 unspecified atom stereocenters. The number of aryl methyl sites for hydroxylation is 1. The fourth-order valence-electron chi connectivity index (χ4n) is 2.41. The molecule has 2 aromatic carbocycles. The smallest absolute Gasteiger partial charge is 0.237 e. The van der Waals surface area contributed by atoms with Crippen LogP contribution in [0.25, 0.3) is 0 Å². The van der Waals surface area contributed by atoms with Gasteiger partial charge >= 0.3 is 0 Å². The van der Waals surface area contributed by atoms with E-state index in [1.54, 1.807) is 38.1 Å². The summed E-state index contributed by atoms with van der Waals surface area (Å²) in [4.78, 5) is 24.7. The fraction of sp³-hybridized carbons (Fsp3) is 0.200. The van der Waals surface area contributed by atoms with Crippen molar-refractivity contribution in [2.75, 3.05) is 16.4 Å². The van der Waals surface area contributed by atoms with E-state index >= 15 is 0 Å². The topological polar surface area (TPSA) is 106 Å². The number of anilines is 4. The first-order valence-corrected chi connectivity index (χ1v) is 10.1. The van der Waals surface area contributed by atoms with Crippen LogP contribution in [-0.2, 0) is 10.5 Å². The Bertz CT molecular complexity index is 1050. The zero-order valence-electron chi connectivity index (χ0n) is 16.3.